The molecular weight excluding hydrogens is 314 g/mol. The van der Waals surface area contributed by atoms with E-state index in [9.17, 15) is 13.6 Å². The van der Waals surface area contributed by atoms with Crippen molar-refractivity contribution in [2.24, 2.45) is 0 Å². The topological polar surface area (TPSA) is 45.3 Å². The Hall–Kier alpha value is -2.37. The summed E-state index contributed by atoms with van der Waals surface area (Å²) >= 11 is 0. The van der Waals surface area contributed by atoms with Crippen molar-refractivity contribution in [1.29, 1.82) is 0 Å². The molecule has 2 heterocycles. The number of halogens is 2. The molecule has 0 saturated heterocycles. The Balaban J connectivity index is 1.90. The maximum Gasteiger partial charge on any atom is 0.410 e. The van der Waals surface area contributed by atoms with Gasteiger partial charge in [-0.2, -0.15) is 0 Å². The SMILES string of the molecule is CC(C)(C)OC(=O)N1CCC=C(c2c[nH]c3c(F)ccc(F)c23)C1. The fraction of sp³-hybridized carbons (Fsp3) is 0.389. The smallest absolute Gasteiger partial charge is 0.410 e. The first-order chi connectivity index (χ1) is 11.3. The van der Waals surface area contributed by atoms with Crippen LogP contribution in [0, 0.1) is 11.6 Å². The molecule has 1 aliphatic heterocycles. The molecule has 2 aromatic rings. The Morgan fingerprint density at radius 1 is 1.25 bits per heavy atom. The monoisotopic (exact) mass is 334 g/mol. The molecule has 1 N–H and O–H groups in total. The summed E-state index contributed by atoms with van der Waals surface area (Å²) in [5.74, 6) is -0.990. The molecule has 1 aromatic carbocycles. The molecule has 0 radical (unpaired) electrons. The summed E-state index contributed by atoms with van der Waals surface area (Å²) in [5, 5.41) is 0.215. The van der Waals surface area contributed by atoms with Crippen LogP contribution in [0.25, 0.3) is 16.5 Å². The number of carbonyl (C=O) groups excluding carboxylic acids is 1. The number of ether oxygens (including phenoxy) is 1. The number of hydrogen-bond donors (Lipinski definition) is 1. The highest BCUT2D eigenvalue weighted by molar-refractivity contribution is 5.94. The Labute approximate surface area is 139 Å². The third kappa shape index (κ3) is 3.13. The first-order valence-corrected chi connectivity index (χ1v) is 7.88. The molecule has 4 nitrogen and oxygen atoms in total. The number of aromatic nitrogens is 1. The lowest BCUT2D eigenvalue weighted by Crippen LogP contribution is -2.39. The van der Waals surface area contributed by atoms with Crippen LogP contribution in [-0.2, 0) is 4.74 Å². The van der Waals surface area contributed by atoms with Crippen LogP contribution >= 0.6 is 0 Å². The van der Waals surface area contributed by atoms with Gasteiger partial charge in [0, 0.05) is 30.2 Å². The van der Waals surface area contributed by atoms with Gasteiger partial charge in [-0.25, -0.2) is 13.6 Å². The van der Waals surface area contributed by atoms with Crippen LogP contribution < -0.4 is 0 Å². The van der Waals surface area contributed by atoms with Gasteiger partial charge in [-0.15, -0.1) is 0 Å². The number of H-pyrrole nitrogens is 1. The second-order valence-corrected chi connectivity index (χ2v) is 6.90. The zero-order valence-electron chi connectivity index (χ0n) is 14.0. The van der Waals surface area contributed by atoms with E-state index in [0.29, 0.717) is 25.1 Å². The van der Waals surface area contributed by atoms with E-state index in [4.69, 9.17) is 4.74 Å². The average molecular weight is 334 g/mol. The van der Waals surface area contributed by atoms with E-state index < -0.39 is 23.3 Å². The van der Waals surface area contributed by atoms with E-state index in [0.717, 1.165) is 17.7 Å². The number of hydrogen-bond acceptors (Lipinski definition) is 2. The number of nitrogens with one attached hydrogen (secondary N) is 1. The fourth-order valence-electron chi connectivity index (χ4n) is 2.85. The maximum absolute atomic E-state index is 14.2. The summed E-state index contributed by atoms with van der Waals surface area (Å²) < 4.78 is 33.4. The Morgan fingerprint density at radius 2 is 1.96 bits per heavy atom. The number of amides is 1. The number of nitrogens with zero attached hydrogens (tertiary/aromatic N) is 1. The third-order valence-corrected chi connectivity index (χ3v) is 3.88. The number of carbonyl (C=O) groups is 1. The van der Waals surface area contributed by atoms with Gasteiger partial charge < -0.3 is 14.6 Å². The van der Waals surface area contributed by atoms with Gasteiger partial charge in [-0.1, -0.05) is 6.08 Å². The summed E-state index contributed by atoms with van der Waals surface area (Å²) in [6, 6.07) is 2.21. The highest BCUT2D eigenvalue weighted by Crippen LogP contribution is 2.31. The normalized spacial score (nSPS) is 15.5. The summed E-state index contributed by atoms with van der Waals surface area (Å²) in [5.41, 5.74) is 0.924. The van der Waals surface area contributed by atoms with Crippen molar-refractivity contribution in [3.63, 3.8) is 0 Å². The molecule has 24 heavy (non-hydrogen) atoms. The minimum atomic E-state index is -0.575. The molecule has 3 rings (SSSR count). The number of benzene rings is 1. The highest BCUT2D eigenvalue weighted by atomic mass is 19.1. The van der Waals surface area contributed by atoms with Gasteiger partial charge in [0.1, 0.15) is 17.2 Å². The van der Waals surface area contributed by atoms with E-state index in [1.807, 2.05) is 26.8 Å². The van der Waals surface area contributed by atoms with Crippen molar-refractivity contribution < 1.29 is 18.3 Å². The minimum Gasteiger partial charge on any atom is -0.444 e. The zero-order chi connectivity index (χ0) is 17.5. The molecule has 1 aromatic heterocycles. The van der Waals surface area contributed by atoms with Crippen molar-refractivity contribution in [3.05, 3.63) is 41.6 Å². The van der Waals surface area contributed by atoms with Crippen LogP contribution in [-0.4, -0.2) is 34.7 Å². The lowest BCUT2D eigenvalue weighted by atomic mass is 10.0. The number of rotatable bonds is 1. The van der Waals surface area contributed by atoms with Crippen LogP contribution in [0.15, 0.2) is 24.4 Å². The molecule has 0 unspecified atom stereocenters. The molecule has 6 heteroatoms. The van der Waals surface area contributed by atoms with Crippen molar-refractivity contribution in [2.45, 2.75) is 32.8 Å². The minimum absolute atomic E-state index is 0.139. The van der Waals surface area contributed by atoms with E-state index >= 15 is 0 Å². The van der Waals surface area contributed by atoms with E-state index in [2.05, 4.69) is 4.98 Å². The molecule has 0 fully saturated rings. The number of fused-ring (bicyclic) bond motifs is 1. The van der Waals surface area contributed by atoms with Crippen LogP contribution in [0.3, 0.4) is 0 Å². The number of aromatic amines is 1. The molecule has 1 aliphatic rings. The molecule has 1 amide bonds. The first kappa shape index (κ1) is 16.5. The quantitative estimate of drug-likeness (QED) is 0.836. The third-order valence-electron chi connectivity index (χ3n) is 3.88. The standard InChI is InChI=1S/C18H20F2N2O2/c1-18(2,3)24-17(23)22-8-4-5-11(10-22)12-9-21-16-14(20)7-6-13(19)15(12)16/h5-7,9,21H,4,8,10H2,1-3H3. The van der Waals surface area contributed by atoms with Gasteiger partial charge in [0.25, 0.3) is 0 Å². The average Bonchev–Trinajstić information content (AvgIpc) is 2.96. The summed E-state index contributed by atoms with van der Waals surface area (Å²) in [6.45, 7) is 6.27. The van der Waals surface area contributed by atoms with Crippen LogP contribution in [0.4, 0.5) is 13.6 Å². The summed E-state index contributed by atoms with van der Waals surface area (Å²) in [6.07, 6.45) is 3.77. The molecule has 0 bridgehead atoms. The van der Waals surface area contributed by atoms with Gasteiger partial charge in [-0.05, 0) is 44.9 Å². The summed E-state index contributed by atoms with van der Waals surface area (Å²) in [4.78, 5) is 16.6. The van der Waals surface area contributed by atoms with Crippen LogP contribution in [0.1, 0.15) is 32.8 Å². The first-order valence-electron chi connectivity index (χ1n) is 7.88. The lowest BCUT2D eigenvalue weighted by Gasteiger charge is -2.30. The predicted octanol–water partition coefficient (Wildman–Crippen LogP) is 4.47. The van der Waals surface area contributed by atoms with Crippen molar-refractivity contribution in [1.82, 2.24) is 9.88 Å². The van der Waals surface area contributed by atoms with E-state index in [-0.39, 0.29) is 10.9 Å². The Bertz CT molecular complexity index is 818. The van der Waals surface area contributed by atoms with Crippen molar-refractivity contribution >= 4 is 22.6 Å². The second kappa shape index (κ2) is 5.92. The molecule has 0 spiro atoms. The van der Waals surface area contributed by atoms with Gasteiger partial charge in [-0.3, -0.25) is 0 Å². The van der Waals surface area contributed by atoms with Crippen molar-refractivity contribution in [3.8, 4) is 0 Å². The summed E-state index contributed by atoms with van der Waals surface area (Å²) in [7, 11) is 0. The van der Waals surface area contributed by atoms with Gasteiger partial charge in [0.2, 0.25) is 0 Å². The van der Waals surface area contributed by atoms with Gasteiger partial charge >= 0.3 is 6.09 Å². The van der Waals surface area contributed by atoms with Gasteiger partial charge in [0.05, 0.1) is 5.52 Å². The Kier molecular flexibility index (Phi) is 4.07. The van der Waals surface area contributed by atoms with E-state index in [1.165, 1.54) is 0 Å². The maximum atomic E-state index is 14.2. The fourth-order valence-corrected chi connectivity index (χ4v) is 2.85. The van der Waals surface area contributed by atoms with Crippen molar-refractivity contribution in [2.75, 3.05) is 13.1 Å². The van der Waals surface area contributed by atoms with Crippen LogP contribution in [0.5, 0.6) is 0 Å². The molecule has 0 atom stereocenters. The van der Waals surface area contributed by atoms with E-state index in [1.54, 1.807) is 11.1 Å². The zero-order valence-corrected chi connectivity index (χ0v) is 14.0. The molecule has 0 aliphatic carbocycles. The lowest BCUT2D eigenvalue weighted by molar-refractivity contribution is 0.0273. The van der Waals surface area contributed by atoms with Crippen LogP contribution in [0.2, 0.25) is 0 Å². The largest absolute Gasteiger partial charge is 0.444 e. The highest BCUT2D eigenvalue weighted by Gasteiger charge is 2.26. The second-order valence-electron chi connectivity index (χ2n) is 6.90. The molecule has 0 saturated carbocycles. The molecular formula is C18H20F2N2O2. The predicted molar refractivity (Wildman–Crippen MR) is 88.6 cm³/mol. The Morgan fingerprint density at radius 3 is 2.67 bits per heavy atom. The molecule has 128 valence electrons. The van der Waals surface area contributed by atoms with Gasteiger partial charge in [0.15, 0.2) is 0 Å².